The van der Waals surface area contributed by atoms with Gasteiger partial charge in [-0.25, -0.2) is 0 Å². The lowest BCUT2D eigenvalue weighted by Gasteiger charge is -2.30. The molecule has 0 heterocycles. The molecule has 1 N–H and O–H groups in total. The first-order chi connectivity index (χ1) is 13.5. The van der Waals surface area contributed by atoms with Gasteiger partial charge in [-0.1, -0.05) is 48.9 Å². The fourth-order valence-electron chi connectivity index (χ4n) is 3.16. The molecule has 0 radical (unpaired) electrons. The molecule has 0 fully saturated rings. The maximum Gasteiger partial charge on any atom is 0.242 e. The van der Waals surface area contributed by atoms with Crippen LogP contribution in [0, 0.1) is 6.92 Å². The van der Waals surface area contributed by atoms with Crippen molar-refractivity contribution in [3.63, 3.8) is 0 Å². The maximum absolute atomic E-state index is 13.2. The van der Waals surface area contributed by atoms with Gasteiger partial charge in [0.1, 0.15) is 11.8 Å². The van der Waals surface area contributed by atoms with E-state index in [1.54, 1.807) is 12.0 Å². The molecule has 28 heavy (non-hydrogen) atoms. The third-order valence-corrected chi connectivity index (χ3v) is 4.70. The Labute approximate surface area is 167 Å². The average molecular weight is 383 g/mol. The highest BCUT2D eigenvalue weighted by molar-refractivity contribution is 5.88. The second-order valence-electron chi connectivity index (χ2n) is 6.85. The number of methoxy groups -OCH3 is 1. The molecule has 0 saturated heterocycles. The van der Waals surface area contributed by atoms with Gasteiger partial charge in [-0.3, -0.25) is 9.59 Å². The predicted molar refractivity (Wildman–Crippen MR) is 111 cm³/mol. The van der Waals surface area contributed by atoms with Crippen LogP contribution in [-0.2, 0) is 22.6 Å². The van der Waals surface area contributed by atoms with E-state index < -0.39 is 6.04 Å². The monoisotopic (exact) mass is 382 g/mol. The first-order valence-corrected chi connectivity index (χ1v) is 9.74. The summed E-state index contributed by atoms with van der Waals surface area (Å²) in [6, 6.07) is 15.0. The lowest BCUT2D eigenvalue weighted by atomic mass is 10.1. The number of hydrogen-bond acceptors (Lipinski definition) is 3. The molecule has 5 nitrogen and oxygen atoms in total. The van der Waals surface area contributed by atoms with Crippen LogP contribution in [0.25, 0.3) is 0 Å². The molecule has 2 amide bonds. The minimum Gasteiger partial charge on any atom is -0.497 e. The minimum atomic E-state index is -0.510. The van der Waals surface area contributed by atoms with Gasteiger partial charge in [-0.05, 0) is 43.5 Å². The zero-order chi connectivity index (χ0) is 20.5. The molecule has 2 aromatic carbocycles. The van der Waals surface area contributed by atoms with Crippen LogP contribution in [0.2, 0.25) is 0 Å². The number of carbonyl (C=O) groups is 2. The van der Waals surface area contributed by atoms with E-state index in [2.05, 4.69) is 5.32 Å². The van der Waals surface area contributed by atoms with Crippen LogP contribution in [0.3, 0.4) is 0 Å². The molecule has 0 aliphatic carbocycles. The number of amides is 2. The molecule has 1 atom stereocenters. The first kappa shape index (κ1) is 21.5. The molecular weight excluding hydrogens is 352 g/mol. The fraction of sp³-hybridized carbons (Fsp3) is 0.391. The van der Waals surface area contributed by atoms with Gasteiger partial charge in [0.05, 0.1) is 13.5 Å². The van der Waals surface area contributed by atoms with E-state index in [9.17, 15) is 9.59 Å². The number of hydrogen-bond donors (Lipinski definition) is 1. The summed E-state index contributed by atoms with van der Waals surface area (Å²) in [5, 5.41) is 2.85. The number of nitrogens with one attached hydrogen (secondary N) is 1. The summed E-state index contributed by atoms with van der Waals surface area (Å²) in [7, 11) is 1.61. The van der Waals surface area contributed by atoms with E-state index in [4.69, 9.17) is 4.74 Å². The lowest BCUT2D eigenvalue weighted by molar-refractivity contribution is -0.140. The number of benzene rings is 2. The molecule has 0 unspecified atom stereocenters. The topological polar surface area (TPSA) is 58.6 Å². The van der Waals surface area contributed by atoms with Gasteiger partial charge in [0.25, 0.3) is 0 Å². The maximum atomic E-state index is 13.2. The third-order valence-electron chi connectivity index (χ3n) is 4.70. The number of ether oxygens (including phenoxy) is 1. The average Bonchev–Trinajstić information content (AvgIpc) is 2.70. The highest BCUT2D eigenvalue weighted by Crippen LogP contribution is 2.18. The Morgan fingerprint density at radius 1 is 1.07 bits per heavy atom. The van der Waals surface area contributed by atoms with Gasteiger partial charge in [0, 0.05) is 13.1 Å². The van der Waals surface area contributed by atoms with Crippen LogP contribution in [0.5, 0.6) is 5.75 Å². The molecule has 0 aromatic heterocycles. The van der Waals surface area contributed by atoms with Crippen LogP contribution in [0.1, 0.15) is 37.0 Å². The van der Waals surface area contributed by atoms with Crippen LogP contribution in [0.4, 0.5) is 0 Å². The van der Waals surface area contributed by atoms with E-state index in [1.165, 1.54) is 0 Å². The molecule has 0 saturated carbocycles. The van der Waals surface area contributed by atoms with Crippen molar-refractivity contribution in [2.45, 2.75) is 46.2 Å². The fourth-order valence-corrected chi connectivity index (χ4v) is 3.16. The Hall–Kier alpha value is -2.82. The molecule has 5 heteroatoms. The predicted octanol–water partition coefficient (Wildman–Crippen LogP) is 3.49. The van der Waals surface area contributed by atoms with E-state index in [0.29, 0.717) is 19.5 Å². The van der Waals surface area contributed by atoms with Crippen molar-refractivity contribution in [2.75, 3.05) is 13.7 Å². The van der Waals surface area contributed by atoms with Crippen molar-refractivity contribution in [1.29, 1.82) is 0 Å². The minimum absolute atomic E-state index is 0.0650. The molecule has 2 rings (SSSR count). The summed E-state index contributed by atoms with van der Waals surface area (Å²) < 4.78 is 5.29. The van der Waals surface area contributed by atoms with E-state index in [1.807, 2.05) is 69.3 Å². The summed E-state index contributed by atoms with van der Waals surface area (Å²) in [6.07, 6.45) is 0.815. The van der Waals surface area contributed by atoms with Gasteiger partial charge in [-0.15, -0.1) is 0 Å². The van der Waals surface area contributed by atoms with Crippen LogP contribution >= 0.6 is 0 Å². The van der Waals surface area contributed by atoms with Crippen molar-refractivity contribution in [2.24, 2.45) is 0 Å². The largest absolute Gasteiger partial charge is 0.497 e. The molecule has 0 aliphatic heterocycles. The second kappa shape index (κ2) is 10.5. The van der Waals surface area contributed by atoms with Crippen molar-refractivity contribution in [1.82, 2.24) is 10.2 Å². The number of carbonyl (C=O) groups excluding carboxylic acids is 2. The summed E-state index contributed by atoms with van der Waals surface area (Å²) in [4.78, 5) is 27.5. The van der Waals surface area contributed by atoms with E-state index in [-0.39, 0.29) is 18.2 Å². The zero-order valence-electron chi connectivity index (χ0n) is 17.2. The number of nitrogens with zero attached hydrogens (tertiary/aromatic N) is 1. The smallest absolute Gasteiger partial charge is 0.242 e. The molecule has 0 spiro atoms. The Morgan fingerprint density at radius 3 is 2.39 bits per heavy atom. The number of rotatable bonds is 9. The van der Waals surface area contributed by atoms with Crippen molar-refractivity contribution in [3.05, 3.63) is 65.2 Å². The number of likely N-dealkylation sites (N-methyl/N-ethyl adjacent to an activating group) is 1. The van der Waals surface area contributed by atoms with Gasteiger partial charge < -0.3 is 15.0 Å². The van der Waals surface area contributed by atoms with Crippen molar-refractivity contribution in [3.8, 4) is 5.75 Å². The first-order valence-electron chi connectivity index (χ1n) is 9.74. The third kappa shape index (κ3) is 5.84. The SMILES string of the molecule is CCNC(=O)[C@@H](CC)N(Cc1cccc(OC)c1)C(=O)Cc1ccc(C)cc1. The summed E-state index contributed by atoms with van der Waals surface area (Å²) >= 11 is 0. The van der Waals surface area contributed by atoms with Gasteiger partial charge in [-0.2, -0.15) is 0 Å². The number of aryl methyl sites for hydroxylation is 1. The molecule has 0 bridgehead atoms. The lowest BCUT2D eigenvalue weighted by Crippen LogP contribution is -2.49. The van der Waals surface area contributed by atoms with Gasteiger partial charge in [0.15, 0.2) is 0 Å². The summed E-state index contributed by atoms with van der Waals surface area (Å²) in [6.45, 7) is 6.72. The molecular formula is C23H30N2O3. The van der Waals surface area contributed by atoms with Crippen LogP contribution in [-0.4, -0.2) is 36.4 Å². The quantitative estimate of drug-likeness (QED) is 0.722. The van der Waals surface area contributed by atoms with E-state index >= 15 is 0 Å². The Balaban J connectivity index is 2.28. The van der Waals surface area contributed by atoms with E-state index in [0.717, 1.165) is 22.4 Å². The molecule has 0 aliphatic rings. The van der Waals surface area contributed by atoms with Crippen molar-refractivity contribution < 1.29 is 14.3 Å². The van der Waals surface area contributed by atoms with Crippen LogP contribution < -0.4 is 10.1 Å². The Kier molecular flexibility index (Phi) is 8.05. The van der Waals surface area contributed by atoms with Gasteiger partial charge >= 0.3 is 0 Å². The standard InChI is InChI=1S/C23H30N2O3/c1-5-21(23(27)24-6-2)25(16-19-8-7-9-20(14-19)28-4)22(26)15-18-12-10-17(3)11-13-18/h7-14,21H,5-6,15-16H2,1-4H3,(H,24,27)/t21-/m1/s1. The van der Waals surface area contributed by atoms with Gasteiger partial charge in [0.2, 0.25) is 11.8 Å². The normalized spacial score (nSPS) is 11.6. The summed E-state index contributed by atoms with van der Waals surface area (Å²) in [5.41, 5.74) is 3.02. The molecule has 150 valence electrons. The Morgan fingerprint density at radius 2 is 1.79 bits per heavy atom. The van der Waals surface area contributed by atoms with Crippen LogP contribution in [0.15, 0.2) is 48.5 Å². The summed E-state index contributed by atoms with van der Waals surface area (Å²) in [5.74, 6) is 0.546. The Bertz CT molecular complexity index is 787. The molecule has 2 aromatic rings. The highest BCUT2D eigenvalue weighted by Gasteiger charge is 2.28. The highest BCUT2D eigenvalue weighted by atomic mass is 16.5. The zero-order valence-corrected chi connectivity index (χ0v) is 17.2. The second-order valence-corrected chi connectivity index (χ2v) is 6.85. The van der Waals surface area contributed by atoms with Crippen molar-refractivity contribution >= 4 is 11.8 Å².